The van der Waals surface area contributed by atoms with Crippen molar-refractivity contribution in [3.8, 4) is 17.1 Å². The van der Waals surface area contributed by atoms with E-state index < -0.39 is 0 Å². The number of benzene rings is 3. The van der Waals surface area contributed by atoms with Gasteiger partial charge in [0.1, 0.15) is 17.7 Å². The minimum Gasteiger partial charge on any atom is -0.485 e. The molecule has 0 spiro atoms. The summed E-state index contributed by atoms with van der Waals surface area (Å²) in [5, 5.41) is 2.51. The van der Waals surface area contributed by atoms with Crippen molar-refractivity contribution in [1.82, 2.24) is 15.0 Å². The van der Waals surface area contributed by atoms with Gasteiger partial charge in [-0.05, 0) is 61.3 Å². The van der Waals surface area contributed by atoms with E-state index in [-0.39, 0.29) is 17.9 Å². The van der Waals surface area contributed by atoms with Crippen molar-refractivity contribution in [2.45, 2.75) is 38.2 Å². The van der Waals surface area contributed by atoms with Gasteiger partial charge in [-0.1, -0.05) is 97.1 Å². The van der Waals surface area contributed by atoms with E-state index in [4.69, 9.17) is 19.7 Å². The summed E-state index contributed by atoms with van der Waals surface area (Å²) in [7, 11) is 0. The van der Waals surface area contributed by atoms with E-state index in [0.29, 0.717) is 5.82 Å². The van der Waals surface area contributed by atoms with E-state index in [1.807, 2.05) is 6.07 Å². The average molecular weight is 590 g/mol. The molecular weight excluding hydrogens is 559 g/mol. The quantitative estimate of drug-likeness (QED) is 0.191. The highest BCUT2D eigenvalue weighted by atomic mass is 32.1. The average Bonchev–Trinajstić information content (AvgIpc) is 3.66. The van der Waals surface area contributed by atoms with E-state index in [1.165, 1.54) is 36.9 Å². The molecule has 3 aromatic carbocycles. The number of hydrogen-bond acceptors (Lipinski definition) is 5. The molecule has 0 N–H and O–H groups in total. The first-order valence-electron chi connectivity index (χ1n) is 15.1. The zero-order chi connectivity index (χ0) is 29.6. The first-order chi connectivity index (χ1) is 21.6. The first kappa shape index (κ1) is 26.7. The molecule has 214 valence electrons. The highest BCUT2D eigenvalue weighted by molar-refractivity contribution is 7.26. The molecule has 2 aliphatic carbocycles. The van der Waals surface area contributed by atoms with Crippen molar-refractivity contribution in [2.24, 2.45) is 0 Å². The van der Waals surface area contributed by atoms with Crippen LogP contribution in [0.5, 0.6) is 5.75 Å². The number of aromatic nitrogens is 3. The number of nitrogens with zero attached hydrogens (tertiary/aromatic N) is 3. The number of allylic oxidation sites excluding steroid dienone is 10. The van der Waals surface area contributed by atoms with Gasteiger partial charge in [0.2, 0.25) is 0 Å². The summed E-state index contributed by atoms with van der Waals surface area (Å²) in [6.45, 7) is 4.27. The Balaban J connectivity index is 1.20. The minimum absolute atomic E-state index is 0.0312. The molecule has 2 aromatic heterocycles. The Morgan fingerprint density at radius 2 is 1.66 bits per heavy atom. The van der Waals surface area contributed by atoms with Crippen LogP contribution in [0.25, 0.3) is 37.1 Å². The van der Waals surface area contributed by atoms with Gasteiger partial charge >= 0.3 is 0 Å². The molecule has 3 atom stereocenters. The first-order valence-corrected chi connectivity index (χ1v) is 16.0. The largest absolute Gasteiger partial charge is 0.485 e. The SMILES string of the molecule is C/C(=C\C=C(/C)c1nc(-c2cccc3c2sc2ccccc23)nc(C2C=CC=CC2)n1)C1=CC=CC2Oc3ccccc3C12. The maximum Gasteiger partial charge on any atom is 0.165 e. The summed E-state index contributed by atoms with van der Waals surface area (Å²) in [6.07, 6.45) is 20.3. The summed E-state index contributed by atoms with van der Waals surface area (Å²) >= 11 is 1.80. The van der Waals surface area contributed by atoms with Gasteiger partial charge in [0.15, 0.2) is 11.6 Å². The number of fused-ring (bicyclic) bond motifs is 6. The molecule has 44 heavy (non-hydrogen) atoms. The van der Waals surface area contributed by atoms with Gasteiger partial charge in [-0.3, -0.25) is 0 Å². The maximum absolute atomic E-state index is 6.26. The third-order valence-electron chi connectivity index (χ3n) is 8.76. The Kier molecular flexibility index (Phi) is 6.68. The lowest BCUT2D eigenvalue weighted by atomic mass is 9.81. The molecule has 8 rings (SSSR count). The second-order valence-electron chi connectivity index (χ2n) is 11.6. The molecule has 3 heterocycles. The summed E-state index contributed by atoms with van der Waals surface area (Å²) in [6, 6.07) is 23.4. The fourth-order valence-electron chi connectivity index (χ4n) is 6.45. The highest BCUT2D eigenvalue weighted by Gasteiger charge is 2.36. The van der Waals surface area contributed by atoms with E-state index in [9.17, 15) is 0 Å². The third-order valence-corrected chi connectivity index (χ3v) is 9.98. The second kappa shape index (κ2) is 11.0. The Labute approximate surface area is 261 Å². The number of rotatable bonds is 5. The summed E-state index contributed by atoms with van der Waals surface area (Å²) < 4.78 is 8.73. The van der Waals surface area contributed by atoms with Crippen LogP contribution in [0.1, 0.15) is 49.3 Å². The van der Waals surface area contributed by atoms with Crippen molar-refractivity contribution in [2.75, 3.05) is 0 Å². The zero-order valence-corrected chi connectivity index (χ0v) is 25.5. The van der Waals surface area contributed by atoms with Crippen molar-refractivity contribution < 1.29 is 4.74 Å². The number of hydrogen-bond donors (Lipinski definition) is 0. The van der Waals surface area contributed by atoms with Gasteiger partial charge in [0.25, 0.3) is 0 Å². The predicted molar refractivity (Wildman–Crippen MR) is 182 cm³/mol. The normalized spacial score (nSPS) is 21.0. The van der Waals surface area contributed by atoms with Crippen LogP contribution < -0.4 is 4.74 Å². The van der Waals surface area contributed by atoms with E-state index in [2.05, 4.69) is 129 Å². The predicted octanol–water partition coefficient (Wildman–Crippen LogP) is 9.90. The molecule has 5 heteroatoms. The molecule has 0 fully saturated rings. The van der Waals surface area contributed by atoms with Crippen molar-refractivity contribution in [3.05, 3.63) is 150 Å². The smallest absolute Gasteiger partial charge is 0.165 e. The van der Waals surface area contributed by atoms with Crippen LogP contribution in [0.4, 0.5) is 0 Å². The van der Waals surface area contributed by atoms with Crippen molar-refractivity contribution in [3.63, 3.8) is 0 Å². The summed E-state index contributed by atoms with van der Waals surface area (Å²) in [4.78, 5) is 15.2. The molecule has 0 radical (unpaired) electrons. The van der Waals surface area contributed by atoms with Crippen LogP contribution >= 0.6 is 11.3 Å². The highest BCUT2D eigenvalue weighted by Crippen LogP contribution is 2.46. The Hall–Kier alpha value is -4.87. The Morgan fingerprint density at radius 1 is 0.818 bits per heavy atom. The molecule has 3 unspecified atom stereocenters. The number of para-hydroxylation sites is 1. The standard InChI is InChI=1S/C39H31N3OS/c1-24(27-16-11-20-33-35(27)30-15-6-8-19-32(30)43-33)22-23-25(2)37-40-38(26-12-4-3-5-13-26)42-39(41-37)31-18-10-17-29-28-14-7-9-21-34(28)44-36(29)31/h3-12,14-23,26,33,35H,13H2,1-2H3/b24-22+,25-23+. The molecule has 1 aliphatic heterocycles. The van der Waals surface area contributed by atoms with Gasteiger partial charge in [-0.25, -0.2) is 15.0 Å². The van der Waals surface area contributed by atoms with Gasteiger partial charge in [0, 0.05) is 37.2 Å². The fraction of sp³-hybridized carbons (Fsp3) is 0.154. The summed E-state index contributed by atoms with van der Waals surface area (Å²) in [5.41, 5.74) is 5.78. The van der Waals surface area contributed by atoms with Crippen LogP contribution in [0.3, 0.4) is 0 Å². The fourth-order valence-corrected chi connectivity index (χ4v) is 7.66. The van der Waals surface area contributed by atoms with E-state index >= 15 is 0 Å². The lowest BCUT2D eigenvalue weighted by Gasteiger charge is -2.23. The minimum atomic E-state index is 0.0312. The number of thiophene rings is 1. The lowest BCUT2D eigenvalue weighted by molar-refractivity contribution is 0.265. The van der Waals surface area contributed by atoms with Gasteiger partial charge in [-0.2, -0.15) is 0 Å². The molecule has 0 saturated carbocycles. The van der Waals surface area contributed by atoms with Crippen LogP contribution in [0.15, 0.2) is 133 Å². The van der Waals surface area contributed by atoms with Crippen molar-refractivity contribution in [1.29, 1.82) is 0 Å². The zero-order valence-electron chi connectivity index (χ0n) is 24.6. The molecule has 4 nitrogen and oxygen atoms in total. The molecule has 5 aromatic rings. The lowest BCUT2D eigenvalue weighted by Crippen LogP contribution is -2.20. The van der Waals surface area contributed by atoms with Crippen LogP contribution in [-0.2, 0) is 0 Å². The van der Waals surface area contributed by atoms with E-state index in [1.54, 1.807) is 11.3 Å². The molecule has 0 amide bonds. The molecule has 0 bridgehead atoms. The molecular formula is C39H31N3OS. The van der Waals surface area contributed by atoms with Crippen molar-refractivity contribution >= 4 is 37.1 Å². The number of ether oxygens (including phenoxy) is 1. The topological polar surface area (TPSA) is 47.9 Å². The third kappa shape index (κ3) is 4.65. The van der Waals surface area contributed by atoms with Gasteiger partial charge < -0.3 is 4.74 Å². The summed E-state index contributed by atoms with van der Waals surface area (Å²) in [5.74, 6) is 3.53. The molecule has 3 aliphatic rings. The Bertz CT molecular complexity index is 2130. The monoisotopic (exact) mass is 589 g/mol. The van der Waals surface area contributed by atoms with Gasteiger partial charge in [-0.15, -0.1) is 11.3 Å². The van der Waals surface area contributed by atoms with E-state index in [0.717, 1.165) is 35.0 Å². The van der Waals surface area contributed by atoms with Gasteiger partial charge in [0.05, 0.1) is 5.92 Å². The van der Waals surface area contributed by atoms with Crippen LogP contribution in [0.2, 0.25) is 0 Å². The second-order valence-corrected chi connectivity index (χ2v) is 12.6. The Morgan fingerprint density at radius 3 is 2.57 bits per heavy atom. The molecule has 0 saturated heterocycles. The van der Waals surface area contributed by atoms with Crippen LogP contribution in [0, 0.1) is 0 Å². The van der Waals surface area contributed by atoms with Crippen LogP contribution in [-0.4, -0.2) is 21.1 Å². The maximum atomic E-state index is 6.26.